The van der Waals surface area contributed by atoms with Gasteiger partial charge >= 0.3 is 0 Å². The van der Waals surface area contributed by atoms with E-state index in [0.717, 1.165) is 50.7 Å². The molecule has 0 saturated carbocycles. The highest BCUT2D eigenvalue weighted by atomic mass is 16.5. The van der Waals surface area contributed by atoms with E-state index in [1.165, 1.54) is 27.8 Å². The molecular formula is C39H48N4O. The van der Waals surface area contributed by atoms with Gasteiger partial charge in [0.2, 0.25) is 0 Å². The molecule has 0 amide bonds. The zero-order valence-corrected chi connectivity index (χ0v) is 28.6. The molecule has 0 atom stereocenters. The number of nitrogens with zero attached hydrogens (tertiary/aromatic N) is 2. The highest BCUT2D eigenvalue weighted by Crippen LogP contribution is 2.47. The molecule has 0 aromatic carbocycles. The maximum atomic E-state index is 6.19. The first-order chi connectivity index (χ1) is 20.3. The van der Waals surface area contributed by atoms with Crippen LogP contribution in [0.1, 0.15) is 123 Å². The zero-order chi connectivity index (χ0) is 32.0. The van der Waals surface area contributed by atoms with Crippen molar-refractivity contribution < 1.29 is 4.74 Å². The summed E-state index contributed by atoms with van der Waals surface area (Å²) >= 11 is 0. The Morgan fingerprint density at radius 2 is 1.30 bits per heavy atom. The summed E-state index contributed by atoms with van der Waals surface area (Å²) in [5, 5.41) is 0. The van der Waals surface area contributed by atoms with Crippen molar-refractivity contribution in [3.8, 4) is 0 Å². The van der Waals surface area contributed by atoms with Gasteiger partial charge in [0.15, 0.2) is 5.76 Å². The summed E-state index contributed by atoms with van der Waals surface area (Å²) in [5.74, 6) is 0.835. The number of ether oxygens (including phenoxy) is 1. The van der Waals surface area contributed by atoms with Gasteiger partial charge in [0.1, 0.15) is 12.3 Å². The van der Waals surface area contributed by atoms with Crippen molar-refractivity contribution in [3.63, 3.8) is 0 Å². The first-order valence-corrected chi connectivity index (χ1v) is 15.9. The fourth-order valence-electron chi connectivity index (χ4n) is 6.82. The van der Waals surface area contributed by atoms with Crippen LogP contribution in [0, 0.1) is 5.41 Å². The highest BCUT2D eigenvalue weighted by Gasteiger charge is 2.36. The van der Waals surface area contributed by atoms with E-state index in [9.17, 15) is 0 Å². The third-order valence-electron chi connectivity index (χ3n) is 8.57. The molecule has 2 N–H and O–H groups in total. The van der Waals surface area contributed by atoms with Crippen LogP contribution in [-0.2, 0) is 21.0 Å². The van der Waals surface area contributed by atoms with Crippen molar-refractivity contribution in [2.45, 2.75) is 99.3 Å². The van der Waals surface area contributed by atoms with Crippen molar-refractivity contribution >= 4 is 45.0 Å². The van der Waals surface area contributed by atoms with Crippen molar-refractivity contribution in [2.75, 3.05) is 6.61 Å². The highest BCUT2D eigenvalue weighted by molar-refractivity contribution is 5.96. The molecular weight excluding hydrogens is 540 g/mol. The molecule has 5 heteroatoms. The predicted octanol–water partition coefficient (Wildman–Crippen LogP) is 10.2. The topological polar surface area (TPSA) is 66.6 Å². The van der Waals surface area contributed by atoms with Crippen LogP contribution in [0.3, 0.4) is 0 Å². The lowest BCUT2D eigenvalue weighted by molar-refractivity contribution is 0.318. The van der Waals surface area contributed by atoms with E-state index < -0.39 is 0 Å². The Hall–Kier alpha value is -3.86. The van der Waals surface area contributed by atoms with E-state index in [2.05, 4.69) is 142 Å². The lowest BCUT2D eigenvalue weighted by atomic mass is 9.73. The van der Waals surface area contributed by atoms with E-state index in [-0.39, 0.29) is 21.7 Å². The van der Waals surface area contributed by atoms with Gasteiger partial charge in [-0.05, 0) is 86.9 Å². The van der Waals surface area contributed by atoms with Gasteiger partial charge in [-0.15, -0.1) is 0 Å². The number of aromatic nitrogens is 4. The number of rotatable bonds is 0. The van der Waals surface area contributed by atoms with Crippen LogP contribution in [-0.4, -0.2) is 26.5 Å². The van der Waals surface area contributed by atoms with Crippen molar-refractivity contribution in [1.29, 1.82) is 0 Å². The number of fused-ring (bicyclic) bond motifs is 10. The number of hydrogen-bond acceptors (Lipinski definition) is 3. The van der Waals surface area contributed by atoms with Crippen LogP contribution in [0.2, 0.25) is 0 Å². The van der Waals surface area contributed by atoms with Crippen molar-refractivity contribution in [1.82, 2.24) is 19.9 Å². The molecule has 0 saturated heterocycles. The Labute approximate surface area is 262 Å². The van der Waals surface area contributed by atoms with E-state index in [4.69, 9.17) is 14.7 Å². The molecule has 0 aliphatic carbocycles. The van der Waals surface area contributed by atoms with E-state index in [1.54, 1.807) is 0 Å². The Kier molecular flexibility index (Phi) is 6.74. The maximum absolute atomic E-state index is 6.19. The largest absolute Gasteiger partial charge is 0.487 e. The van der Waals surface area contributed by atoms with Crippen LogP contribution in [0.5, 0.6) is 0 Å². The molecule has 44 heavy (non-hydrogen) atoms. The second-order valence-corrected chi connectivity index (χ2v) is 16.6. The molecule has 6 rings (SSSR count). The van der Waals surface area contributed by atoms with Gasteiger partial charge < -0.3 is 14.7 Å². The molecule has 3 aliphatic rings. The average Bonchev–Trinajstić information content (AvgIpc) is 3.64. The zero-order valence-electron chi connectivity index (χ0n) is 28.6. The van der Waals surface area contributed by atoms with Gasteiger partial charge in [-0.2, -0.15) is 0 Å². The molecule has 230 valence electrons. The van der Waals surface area contributed by atoms with Gasteiger partial charge in [0.25, 0.3) is 0 Å². The number of H-pyrrole nitrogens is 2. The SMILES string of the molecule is CC(C)(C)C1=Cc2cc3ccc(cc4nc(cc5[nH]c(c(C(C)(C)C)c1n2)c(C(C)(C)C)c5C(C)(C)C)C1=C4OCC=C1)[nH]3. The lowest BCUT2D eigenvalue weighted by Gasteiger charge is -2.31. The third kappa shape index (κ3) is 5.25. The molecule has 5 nitrogen and oxygen atoms in total. The molecule has 3 aromatic heterocycles. The van der Waals surface area contributed by atoms with Gasteiger partial charge in [-0.3, -0.25) is 0 Å². The van der Waals surface area contributed by atoms with Gasteiger partial charge in [0, 0.05) is 33.2 Å². The van der Waals surface area contributed by atoms with E-state index in [1.807, 2.05) is 0 Å². The Balaban J connectivity index is 1.92. The molecule has 0 radical (unpaired) electrons. The summed E-state index contributed by atoms with van der Waals surface area (Å²) in [7, 11) is 0. The normalized spacial score (nSPS) is 15.8. The minimum atomic E-state index is -0.197. The first-order valence-electron chi connectivity index (χ1n) is 15.9. The summed E-state index contributed by atoms with van der Waals surface area (Å²) in [4.78, 5) is 18.2. The van der Waals surface area contributed by atoms with E-state index in [0.29, 0.717) is 6.61 Å². The quantitative estimate of drug-likeness (QED) is 0.275. The summed E-state index contributed by atoms with van der Waals surface area (Å²) in [6.45, 7) is 28.3. The summed E-state index contributed by atoms with van der Waals surface area (Å²) in [6.07, 6.45) is 6.50. The van der Waals surface area contributed by atoms with Gasteiger partial charge in [-0.1, -0.05) is 83.1 Å². The Morgan fingerprint density at radius 1 is 0.659 bits per heavy atom. The predicted molar refractivity (Wildman–Crippen MR) is 186 cm³/mol. The van der Waals surface area contributed by atoms with Gasteiger partial charge in [-0.25, -0.2) is 9.97 Å². The second kappa shape index (κ2) is 9.82. The minimum Gasteiger partial charge on any atom is -0.487 e. The standard InChI is InChI=1S/C39H48N4O/c1-36(2,3)26-19-24-18-22-15-16-23(40-22)20-29-35-25(14-13-17-44-35)27(42-29)21-28-30(37(4,5)6)31(38(7,8)9)34(43-28)32(33(26)41-24)39(10,11)12/h13-16,18-21,40,43H,17H2,1-12H3. The molecule has 3 aromatic rings. The lowest BCUT2D eigenvalue weighted by Crippen LogP contribution is -2.23. The first kappa shape index (κ1) is 30.2. The monoisotopic (exact) mass is 588 g/mol. The average molecular weight is 589 g/mol. The molecule has 0 fully saturated rings. The molecule has 6 heterocycles. The summed E-state index contributed by atoms with van der Waals surface area (Å²) < 4.78 is 6.19. The number of aromatic amines is 2. The van der Waals surface area contributed by atoms with E-state index >= 15 is 0 Å². The Bertz CT molecular complexity index is 1930. The Morgan fingerprint density at radius 3 is 1.91 bits per heavy atom. The number of nitrogens with one attached hydrogen (secondary N) is 2. The van der Waals surface area contributed by atoms with Crippen LogP contribution in [0.15, 0.2) is 42.5 Å². The van der Waals surface area contributed by atoms with Crippen molar-refractivity contribution in [3.05, 3.63) is 81.9 Å². The smallest absolute Gasteiger partial charge is 0.154 e. The maximum Gasteiger partial charge on any atom is 0.154 e. The summed E-state index contributed by atoms with van der Waals surface area (Å²) in [5.41, 5.74) is 13.6. The fourth-order valence-corrected chi connectivity index (χ4v) is 6.82. The van der Waals surface area contributed by atoms with Crippen LogP contribution < -0.4 is 0 Å². The molecule has 0 unspecified atom stereocenters. The summed E-state index contributed by atoms with van der Waals surface area (Å²) in [6, 6.07) is 10.7. The van der Waals surface area contributed by atoms with Crippen molar-refractivity contribution in [2.24, 2.45) is 5.41 Å². The third-order valence-corrected chi connectivity index (χ3v) is 8.57. The van der Waals surface area contributed by atoms with Crippen LogP contribution >= 0.6 is 0 Å². The van der Waals surface area contributed by atoms with Crippen LogP contribution in [0.25, 0.3) is 45.0 Å². The second-order valence-electron chi connectivity index (χ2n) is 16.6. The fraction of sp³-hybridized carbons (Fsp3) is 0.436. The van der Waals surface area contributed by atoms with Gasteiger partial charge in [0.05, 0.1) is 17.1 Å². The number of allylic oxidation sites excluding steroid dienone is 3. The molecule has 0 spiro atoms. The number of hydrogen-bond donors (Lipinski definition) is 2. The van der Waals surface area contributed by atoms with Crippen LogP contribution in [0.4, 0.5) is 0 Å². The minimum absolute atomic E-state index is 0.0977. The molecule has 8 bridgehead atoms. The molecule has 3 aliphatic heterocycles.